The van der Waals surface area contributed by atoms with Crippen LogP contribution in [-0.4, -0.2) is 42.1 Å². The fourth-order valence-electron chi connectivity index (χ4n) is 2.32. The lowest BCUT2D eigenvalue weighted by Crippen LogP contribution is -2.44. The summed E-state index contributed by atoms with van der Waals surface area (Å²) in [5.41, 5.74) is 0.530. The van der Waals surface area contributed by atoms with Crippen LogP contribution in [0.25, 0.3) is 0 Å². The highest BCUT2D eigenvalue weighted by atomic mass is 35.5. The van der Waals surface area contributed by atoms with Gasteiger partial charge in [0, 0.05) is 24.3 Å². The van der Waals surface area contributed by atoms with Gasteiger partial charge in [0.05, 0.1) is 0 Å². The predicted molar refractivity (Wildman–Crippen MR) is 81.7 cm³/mol. The lowest BCUT2D eigenvalue weighted by atomic mass is 10.3. The van der Waals surface area contributed by atoms with E-state index < -0.39 is 5.97 Å². The molecular formula is C15H19ClN2O3. The average molecular weight is 311 g/mol. The Labute approximate surface area is 129 Å². The van der Waals surface area contributed by atoms with E-state index in [1.165, 1.54) is 4.90 Å². The molecule has 1 fully saturated rings. The number of carbonyl (C=O) groups is 2. The average Bonchev–Trinajstić information content (AvgIpc) is 3.11. The molecule has 6 heteroatoms. The minimum Gasteiger partial charge on any atom is -0.480 e. The van der Waals surface area contributed by atoms with Gasteiger partial charge in [0.15, 0.2) is 0 Å². The first-order valence-electron chi connectivity index (χ1n) is 6.88. The molecule has 0 spiro atoms. The minimum atomic E-state index is -1.05. The molecular weight excluding hydrogens is 292 g/mol. The Hall–Kier alpha value is -1.75. The molecule has 0 radical (unpaired) electrons. The molecule has 1 aliphatic rings. The highest BCUT2D eigenvalue weighted by Crippen LogP contribution is 2.38. The second kappa shape index (κ2) is 6.35. The summed E-state index contributed by atoms with van der Waals surface area (Å²) in [4.78, 5) is 26.4. The van der Waals surface area contributed by atoms with Crippen molar-refractivity contribution >= 4 is 29.3 Å². The van der Waals surface area contributed by atoms with E-state index >= 15 is 0 Å². The van der Waals surface area contributed by atoms with Crippen molar-refractivity contribution in [2.75, 3.05) is 25.0 Å². The summed E-state index contributed by atoms with van der Waals surface area (Å²) in [6, 6.07) is 6.27. The number of anilines is 1. The lowest BCUT2D eigenvalue weighted by molar-refractivity contribution is -0.135. The van der Waals surface area contributed by atoms with Gasteiger partial charge in [-0.2, -0.15) is 0 Å². The number of urea groups is 1. The summed E-state index contributed by atoms with van der Waals surface area (Å²) >= 11 is 5.83. The van der Waals surface area contributed by atoms with Crippen LogP contribution in [0.15, 0.2) is 24.3 Å². The number of amides is 2. The summed E-state index contributed by atoms with van der Waals surface area (Å²) < 4.78 is 0. The first-order valence-corrected chi connectivity index (χ1v) is 7.26. The van der Waals surface area contributed by atoms with Crippen LogP contribution >= 0.6 is 11.6 Å². The van der Waals surface area contributed by atoms with E-state index in [1.807, 2.05) is 0 Å². The quantitative estimate of drug-likeness (QED) is 0.909. The highest BCUT2D eigenvalue weighted by Gasteiger charge is 2.35. The Morgan fingerprint density at radius 2 is 1.90 bits per heavy atom. The van der Waals surface area contributed by atoms with E-state index in [0.717, 1.165) is 6.42 Å². The molecule has 0 aliphatic heterocycles. The summed E-state index contributed by atoms with van der Waals surface area (Å²) in [6.07, 6.45) is 1.12. The number of halogens is 1. The Bertz CT molecular complexity index is 532. The topological polar surface area (TPSA) is 60.9 Å². The Balaban J connectivity index is 2.12. The minimum absolute atomic E-state index is 0.307. The molecule has 2 rings (SSSR count). The summed E-state index contributed by atoms with van der Waals surface area (Å²) in [6.45, 7) is 2.44. The van der Waals surface area contributed by atoms with Crippen molar-refractivity contribution < 1.29 is 14.7 Å². The number of carboxylic acid groups (broad SMARTS) is 1. The lowest BCUT2D eigenvalue weighted by Gasteiger charge is -2.27. The van der Waals surface area contributed by atoms with Crippen LogP contribution in [0.5, 0.6) is 0 Å². The molecule has 1 aromatic rings. The van der Waals surface area contributed by atoms with Crippen LogP contribution in [0.1, 0.15) is 13.3 Å². The van der Waals surface area contributed by atoms with Crippen molar-refractivity contribution in [2.24, 2.45) is 11.8 Å². The van der Waals surface area contributed by atoms with E-state index in [4.69, 9.17) is 16.7 Å². The van der Waals surface area contributed by atoms with Gasteiger partial charge in [-0.05, 0) is 42.5 Å². The third-order valence-electron chi connectivity index (χ3n) is 3.77. The summed E-state index contributed by atoms with van der Waals surface area (Å²) in [7, 11) is 1.71. The van der Waals surface area contributed by atoms with Gasteiger partial charge in [-0.1, -0.05) is 18.5 Å². The van der Waals surface area contributed by atoms with Gasteiger partial charge >= 0.3 is 12.0 Å². The fourth-order valence-corrected chi connectivity index (χ4v) is 2.44. The molecule has 0 saturated heterocycles. The molecule has 0 heterocycles. The molecule has 2 unspecified atom stereocenters. The third-order valence-corrected chi connectivity index (χ3v) is 4.03. The normalized spacial score (nSPS) is 20.0. The molecule has 5 nitrogen and oxygen atoms in total. The van der Waals surface area contributed by atoms with Crippen molar-refractivity contribution in [2.45, 2.75) is 13.3 Å². The van der Waals surface area contributed by atoms with Crippen molar-refractivity contribution in [3.05, 3.63) is 29.3 Å². The number of carbonyl (C=O) groups excluding carboxylic acids is 1. The SMILES string of the molecule is CC1CC1CN(C)C(=O)N(CC(=O)O)c1ccc(Cl)cc1. The van der Waals surface area contributed by atoms with Gasteiger partial charge in [0.25, 0.3) is 0 Å². The van der Waals surface area contributed by atoms with Crippen LogP contribution in [0.4, 0.5) is 10.5 Å². The van der Waals surface area contributed by atoms with Crippen molar-refractivity contribution in [3.63, 3.8) is 0 Å². The summed E-state index contributed by atoms with van der Waals surface area (Å²) in [5, 5.41) is 9.57. The number of nitrogens with zero attached hydrogens (tertiary/aromatic N) is 2. The number of carboxylic acids is 1. The monoisotopic (exact) mass is 310 g/mol. The number of benzene rings is 1. The zero-order valence-electron chi connectivity index (χ0n) is 12.1. The first kappa shape index (κ1) is 15.6. The van der Waals surface area contributed by atoms with Gasteiger partial charge < -0.3 is 10.0 Å². The summed E-state index contributed by atoms with van der Waals surface area (Å²) in [5.74, 6) is 0.117. The van der Waals surface area contributed by atoms with Gasteiger partial charge in [-0.25, -0.2) is 4.79 Å². The maximum atomic E-state index is 12.5. The third kappa shape index (κ3) is 4.11. The van der Waals surface area contributed by atoms with E-state index in [1.54, 1.807) is 36.2 Å². The fraction of sp³-hybridized carbons (Fsp3) is 0.467. The van der Waals surface area contributed by atoms with Crippen LogP contribution in [-0.2, 0) is 4.79 Å². The molecule has 114 valence electrons. The Morgan fingerprint density at radius 1 is 1.33 bits per heavy atom. The van der Waals surface area contributed by atoms with Gasteiger partial charge in [-0.15, -0.1) is 0 Å². The van der Waals surface area contributed by atoms with Crippen LogP contribution in [0.3, 0.4) is 0 Å². The molecule has 21 heavy (non-hydrogen) atoms. The Kier molecular flexibility index (Phi) is 4.73. The smallest absolute Gasteiger partial charge is 0.324 e. The zero-order chi connectivity index (χ0) is 15.6. The molecule has 2 atom stereocenters. The molecule has 1 aromatic carbocycles. The molecule has 1 N–H and O–H groups in total. The molecule has 0 bridgehead atoms. The van der Waals surface area contributed by atoms with E-state index in [9.17, 15) is 9.59 Å². The second-order valence-electron chi connectivity index (χ2n) is 5.59. The number of hydrogen-bond donors (Lipinski definition) is 1. The second-order valence-corrected chi connectivity index (χ2v) is 6.03. The number of hydrogen-bond acceptors (Lipinski definition) is 2. The van der Waals surface area contributed by atoms with Crippen LogP contribution in [0, 0.1) is 11.8 Å². The molecule has 0 aromatic heterocycles. The first-order chi connectivity index (χ1) is 9.88. The Morgan fingerprint density at radius 3 is 2.38 bits per heavy atom. The van der Waals surface area contributed by atoms with Gasteiger partial charge in [0.1, 0.15) is 6.54 Å². The highest BCUT2D eigenvalue weighted by molar-refractivity contribution is 6.30. The van der Waals surface area contributed by atoms with Crippen LogP contribution < -0.4 is 4.90 Å². The zero-order valence-corrected chi connectivity index (χ0v) is 12.9. The maximum absolute atomic E-state index is 12.5. The largest absolute Gasteiger partial charge is 0.480 e. The standard InChI is InChI=1S/C15H19ClN2O3/c1-10-7-11(10)8-17(2)15(21)18(9-14(19)20)13-5-3-12(16)4-6-13/h3-6,10-11H,7-9H2,1-2H3,(H,19,20). The van der Waals surface area contributed by atoms with Gasteiger partial charge in [0.2, 0.25) is 0 Å². The van der Waals surface area contributed by atoms with Crippen LogP contribution in [0.2, 0.25) is 5.02 Å². The molecule has 1 aliphatic carbocycles. The predicted octanol–water partition coefficient (Wildman–Crippen LogP) is 2.94. The molecule has 2 amide bonds. The number of rotatable bonds is 5. The van der Waals surface area contributed by atoms with E-state index in [0.29, 0.717) is 29.1 Å². The van der Waals surface area contributed by atoms with Crippen molar-refractivity contribution in [1.82, 2.24) is 4.90 Å². The maximum Gasteiger partial charge on any atom is 0.324 e. The van der Waals surface area contributed by atoms with Crippen molar-refractivity contribution in [1.29, 1.82) is 0 Å². The van der Waals surface area contributed by atoms with Crippen molar-refractivity contribution in [3.8, 4) is 0 Å². The number of aliphatic carboxylic acids is 1. The van der Waals surface area contributed by atoms with E-state index in [2.05, 4.69) is 6.92 Å². The van der Waals surface area contributed by atoms with Gasteiger partial charge in [-0.3, -0.25) is 9.69 Å². The van der Waals surface area contributed by atoms with E-state index in [-0.39, 0.29) is 12.6 Å². The molecule has 1 saturated carbocycles.